The van der Waals surface area contributed by atoms with Crippen LogP contribution in [0.3, 0.4) is 0 Å². The molecule has 2 aromatic carbocycles. The Balaban J connectivity index is 1.81. The topological polar surface area (TPSA) is 50.8 Å². The van der Waals surface area contributed by atoms with Crippen molar-refractivity contribution in [2.24, 2.45) is 0 Å². The Morgan fingerprint density at radius 3 is 2.27 bits per heavy atom. The van der Waals surface area contributed by atoms with E-state index >= 15 is 0 Å². The monoisotopic (exact) mass is 356 g/mol. The number of methoxy groups -OCH3 is 1. The first-order valence-electron chi connectivity index (χ1n) is 8.75. The second kappa shape index (κ2) is 9.25. The van der Waals surface area contributed by atoms with Crippen LogP contribution in [0.5, 0.6) is 11.5 Å². The molecular weight excluding hydrogens is 328 g/mol. The van der Waals surface area contributed by atoms with E-state index in [1.807, 2.05) is 55.3 Å². The fourth-order valence-electron chi connectivity index (χ4n) is 2.64. The van der Waals surface area contributed by atoms with Gasteiger partial charge in [-0.15, -0.1) is 0 Å². The number of likely N-dealkylation sites (N-methyl/N-ethyl adjacent to an activating group) is 1. The van der Waals surface area contributed by atoms with Gasteiger partial charge in [-0.2, -0.15) is 0 Å². The molecule has 5 heteroatoms. The predicted octanol–water partition coefficient (Wildman–Crippen LogP) is 3.65. The third-order valence-electron chi connectivity index (χ3n) is 4.31. The SMILES string of the molecule is COc1ccc(NC(=O)C(C)N(C)CCOc2cc(C)cc(C)c2)cc1. The van der Waals surface area contributed by atoms with Gasteiger partial charge in [0.2, 0.25) is 5.91 Å². The molecule has 1 unspecified atom stereocenters. The van der Waals surface area contributed by atoms with Gasteiger partial charge in [0, 0.05) is 12.2 Å². The molecule has 0 spiro atoms. The Kier molecular flexibility index (Phi) is 7.04. The molecule has 2 aromatic rings. The van der Waals surface area contributed by atoms with Gasteiger partial charge in [-0.3, -0.25) is 9.69 Å². The first-order chi connectivity index (χ1) is 12.4. The zero-order chi connectivity index (χ0) is 19.1. The molecular formula is C21H28N2O3. The van der Waals surface area contributed by atoms with Gasteiger partial charge in [0.25, 0.3) is 0 Å². The van der Waals surface area contributed by atoms with Crippen LogP contribution in [0.25, 0.3) is 0 Å². The van der Waals surface area contributed by atoms with E-state index < -0.39 is 0 Å². The van der Waals surface area contributed by atoms with Gasteiger partial charge in [0.1, 0.15) is 18.1 Å². The summed E-state index contributed by atoms with van der Waals surface area (Å²) < 4.78 is 10.9. The lowest BCUT2D eigenvalue weighted by Crippen LogP contribution is -2.41. The fourth-order valence-corrected chi connectivity index (χ4v) is 2.64. The largest absolute Gasteiger partial charge is 0.497 e. The molecule has 0 bridgehead atoms. The molecule has 1 amide bonds. The Labute approximate surface area is 155 Å². The summed E-state index contributed by atoms with van der Waals surface area (Å²) in [6.45, 7) is 7.18. The van der Waals surface area contributed by atoms with Gasteiger partial charge in [-0.05, 0) is 75.3 Å². The zero-order valence-corrected chi connectivity index (χ0v) is 16.2. The maximum absolute atomic E-state index is 12.4. The van der Waals surface area contributed by atoms with E-state index in [0.717, 1.165) is 17.2 Å². The molecule has 0 radical (unpaired) electrons. The van der Waals surface area contributed by atoms with Crippen LogP contribution >= 0.6 is 0 Å². The normalized spacial score (nSPS) is 11.9. The lowest BCUT2D eigenvalue weighted by Gasteiger charge is -2.24. The minimum Gasteiger partial charge on any atom is -0.497 e. The molecule has 0 fully saturated rings. The molecule has 0 heterocycles. The van der Waals surface area contributed by atoms with Crippen molar-refractivity contribution in [3.63, 3.8) is 0 Å². The van der Waals surface area contributed by atoms with Gasteiger partial charge < -0.3 is 14.8 Å². The van der Waals surface area contributed by atoms with Crippen LogP contribution in [0, 0.1) is 13.8 Å². The number of amides is 1. The van der Waals surface area contributed by atoms with Crippen LogP contribution in [-0.4, -0.2) is 44.2 Å². The van der Waals surface area contributed by atoms with Crippen molar-refractivity contribution in [2.45, 2.75) is 26.8 Å². The molecule has 0 aromatic heterocycles. The van der Waals surface area contributed by atoms with Crippen LogP contribution in [0.15, 0.2) is 42.5 Å². The molecule has 0 aliphatic carbocycles. The summed E-state index contributed by atoms with van der Waals surface area (Å²) >= 11 is 0. The molecule has 0 aliphatic rings. The Morgan fingerprint density at radius 1 is 1.08 bits per heavy atom. The van der Waals surface area contributed by atoms with Crippen LogP contribution < -0.4 is 14.8 Å². The predicted molar refractivity (Wildman–Crippen MR) is 105 cm³/mol. The summed E-state index contributed by atoms with van der Waals surface area (Å²) in [5, 5.41) is 2.92. The Morgan fingerprint density at radius 2 is 1.69 bits per heavy atom. The van der Waals surface area contributed by atoms with E-state index in [1.165, 1.54) is 11.1 Å². The summed E-state index contributed by atoms with van der Waals surface area (Å²) in [4.78, 5) is 14.4. The van der Waals surface area contributed by atoms with Gasteiger partial charge in [-0.25, -0.2) is 0 Å². The van der Waals surface area contributed by atoms with Gasteiger partial charge >= 0.3 is 0 Å². The standard InChI is InChI=1S/C21H28N2O3/c1-15-12-16(2)14-20(13-15)26-11-10-23(4)17(3)21(24)22-18-6-8-19(25-5)9-7-18/h6-9,12-14,17H,10-11H2,1-5H3,(H,22,24). The molecule has 0 aliphatic heterocycles. The quantitative estimate of drug-likeness (QED) is 0.784. The number of carbonyl (C=O) groups excluding carboxylic acids is 1. The van der Waals surface area contributed by atoms with E-state index in [0.29, 0.717) is 13.2 Å². The third-order valence-corrected chi connectivity index (χ3v) is 4.31. The average Bonchev–Trinajstić information content (AvgIpc) is 2.60. The summed E-state index contributed by atoms with van der Waals surface area (Å²) in [6.07, 6.45) is 0. The van der Waals surface area contributed by atoms with Crippen molar-refractivity contribution in [3.05, 3.63) is 53.6 Å². The van der Waals surface area contributed by atoms with Crippen LogP contribution in [-0.2, 0) is 4.79 Å². The number of aryl methyl sites for hydroxylation is 2. The van der Waals surface area contributed by atoms with Crippen molar-refractivity contribution in [2.75, 3.05) is 32.6 Å². The second-order valence-electron chi connectivity index (χ2n) is 6.55. The second-order valence-corrected chi connectivity index (χ2v) is 6.55. The van der Waals surface area contributed by atoms with Crippen molar-refractivity contribution in [1.29, 1.82) is 0 Å². The number of carbonyl (C=O) groups is 1. The van der Waals surface area contributed by atoms with Gasteiger partial charge in [0.05, 0.1) is 13.2 Å². The maximum atomic E-state index is 12.4. The smallest absolute Gasteiger partial charge is 0.241 e. The highest BCUT2D eigenvalue weighted by Crippen LogP contribution is 2.17. The number of rotatable bonds is 8. The number of nitrogens with zero attached hydrogens (tertiary/aromatic N) is 1. The number of benzene rings is 2. The summed E-state index contributed by atoms with van der Waals surface area (Å²) in [7, 11) is 3.54. The van der Waals surface area contributed by atoms with E-state index in [2.05, 4.69) is 25.2 Å². The van der Waals surface area contributed by atoms with Crippen LogP contribution in [0.2, 0.25) is 0 Å². The Bertz CT molecular complexity index is 708. The number of anilines is 1. The fraction of sp³-hybridized carbons (Fsp3) is 0.381. The summed E-state index contributed by atoms with van der Waals surface area (Å²) in [5.41, 5.74) is 3.11. The average molecular weight is 356 g/mol. The van der Waals surface area contributed by atoms with Crippen molar-refractivity contribution < 1.29 is 14.3 Å². The minimum absolute atomic E-state index is 0.0518. The lowest BCUT2D eigenvalue weighted by molar-refractivity contribution is -0.120. The highest BCUT2D eigenvalue weighted by Gasteiger charge is 2.18. The number of hydrogen-bond acceptors (Lipinski definition) is 4. The van der Waals surface area contributed by atoms with Crippen molar-refractivity contribution >= 4 is 11.6 Å². The van der Waals surface area contributed by atoms with Gasteiger partial charge in [-0.1, -0.05) is 6.07 Å². The molecule has 1 N–H and O–H groups in total. The Hall–Kier alpha value is -2.53. The number of hydrogen-bond donors (Lipinski definition) is 1. The zero-order valence-electron chi connectivity index (χ0n) is 16.2. The highest BCUT2D eigenvalue weighted by molar-refractivity contribution is 5.94. The lowest BCUT2D eigenvalue weighted by atomic mass is 10.1. The molecule has 0 saturated carbocycles. The molecule has 0 saturated heterocycles. The first-order valence-corrected chi connectivity index (χ1v) is 8.75. The molecule has 2 rings (SSSR count). The number of ether oxygens (including phenoxy) is 2. The minimum atomic E-state index is -0.264. The van der Waals surface area contributed by atoms with E-state index in [-0.39, 0.29) is 11.9 Å². The number of nitrogens with one attached hydrogen (secondary N) is 1. The van der Waals surface area contributed by atoms with Crippen LogP contribution in [0.1, 0.15) is 18.1 Å². The van der Waals surface area contributed by atoms with Crippen LogP contribution in [0.4, 0.5) is 5.69 Å². The summed E-state index contributed by atoms with van der Waals surface area (Å²) in [5.74, 6) is 1.58. The highest BCUT2D eigenvalue weighted by atomic mass is 16.5. The molecule has 1 atom stereocenters. The van der Waals surface area contributed by atoms with Gasteiger partial charge in [0.15, 0.2) is 0 Å². The molecule has 140 valence electrons. The molecule has 26 heavy (non-hydrogen) atoms. The molecule has 5 nitrogen and oxygen atoms in total. The van der Waals surface area contributed by atoms with E-state index in [4.69, 9.17) is 9.47 Å². The van der Waals surface area contributed by atoms with E-state index in [1.54, 1.807) is 7.11 Å². The van der Waals surface area contributed by atoms with E-state index in [9.17, 15) is 4.79 Å². The van der Waals surface area contributed by atoms with Crippen molar-refractivity contribution in [1.82, 2.24) is 4.90 Å². The first kappa shape index (κ1) is 19.8. The van der Waals surface area contributed by atoms with Crippen molar-refractivity contribution in [3.8, 4) is 11.5 Å². The maximum Gasteiger partial charge on any atom is 0.241 e. The summed E-state index contributed by atoms with van der Waals surface area (Å²) in [6, 6.07) is 13.2. The third kappa shape index (κ3) is 5.77.